The molecule has 7 nitrogen and oxygen atoms in total. The smallest absolute Gasteiger partial charge is 0.264 e. The van der Waals surface area contributed by atoms with Gasteiger partial charge in [-0.1, -0.05) is 36.4 Å². The largest absolute Gasteiger partial charge is 0.391 e. The van der Waals surface area contributed by atoms with Crippen LogP contribution in [0.15, 0.2) is 80.0 Å². The molecule has 3 aromatic rings. The van der Waals surface area contributed by atoms with Crippen molar-refractivity contribution in [2.75, 3.05) is 0 Å². The number of fused-ring (bicyclic) bond motifs is 1. The summed E-state index contributed by atoms with van der Waals surface area (Å²) in [7, 11) is 0. The number of pyridine rings is 1. The summed E-state index contributed by atoms with van der Waals surface area (Å²) < 4.78 is 1.41. The van der Waals surface area contributed by atoms with Gasteiger partial charge in [0.25, 0.3) is 5.56 Å². The number of aliphatic hydroxyl groups is 1. The van der Waals surface area contributed by atoms with Crippen molar-refractivity contribution in [2.45, 2.75) is 17.7 Å². The highest BCUT2D eigenvalue weighted by Gasteiger charge is 2.25. The van der Waals surface area contributed by atoms with Crippen LogP contribution in [0.2, 0.25) is 0 Å². The molecule has 1 N–H and O–H groups in total. The summed E-state index contributed by atoms with van der Waals surface area (Å²) in [5, 5.41) is 22.7. The van der Waals surface area contributed by atoms with Crippen molar-refractivity contribution in [3.05, 3.63) is 76.2 Å². The second-order valence-electron chi connectivity index (χ2n) is 5.35. The lowest BCUT2D eigenvalue weighted by Crippen LogP contribution is -2.21. The number of nitrogens with zero attached hydrogens (tertiary/aromatic N) is 5. The van der Waals surface area contributed by atoms with E-state index in [9.17, 15) is 9.90 Å². The lowest BCUT2D eigenvalue weighted by atomic mass is 10.1. The van der Waals surface area contributed by atoms with Gasteiger partial charge in [0.05, 0.1) is 12.2 Å². The molecule has 1 aliphatic rings. The summed E-state index contributed by atoms with van der Waals surface area (Å²) in [5.74, 6) is 0. The Labute approximate surface area is 146 Å². The number of benzene rings is 1. The van der Waals surface area contributed by atoms with Crippen LogP contribution in [0.25, 0.3) is 5.65 Å². The molecule has 1 aliphatic heterocycles. The van der Waals surface area contributed by atoms with Crippen molar-refractivity contribution < 1.29 is 5.11 Å². The second-order valence-corrected chi connectivity index (χ2v) is 6.36. The van der Waals surface area contributed by atoms with Gasteiger partial charge in [-0.25, -0.2) is 4.98 Å². The van der Waals surface area contributed by atoms with Gasteiger partial charge in [-0.15, -0.1) is 5.10 Å². The lowest BCUT2D eigenvalue weighted by molar-refractivity contribution is 0.276. The summed E-state index contributed by atoms with van der Waals surface area (Å²) in [5.41, 5.74) is 1.41. The minimum absolute atomic E-state index is 0.232. The summed E-state index contributed by atoms with van der Waals surface area (Å²) in [6, 6.07) is 14.6. The third-order valence-corrected chi connectivity index (χ3v) is 4.85. The Bertz CT molecular complexity index is 1050. The highest BCUT2D eigenvalue weighted by molar-refractivity contribution is 8.14. The highest BCUT2D eigenvalue weighted by atomic mass is 32.2. The maximum absolute atomic E-state index is 12.6. The van der Waals surface area contributed by atoms with Crippen molar-refractivity contribution >= 4 is 22.5 Å². The fourth-order valence-corrected chi connectivity index (χ4v) is 3.55. The Morgan fingerprint density at radius 3 is 2.72 bits per heavy atom. The van der Waals surface area contributed by atoms with Gasteiger partial charge in [0.2, 0.25) is 0 Å². The first-order chi connectivity index (χ1) is 12.3. The first kappa shape index (κ1) is 15.7. The van der Waals surface area contributed by atoms with Crippen LogP contribution in [0.4, 0.5) is 0 Å². The fraction of sp³-hybridized carbons (Fsp3) is 0.118. The molecule has 0 radical (unpaired) electrons. The Hall–Kier alpha value is -2.84. The second kappa shape index (κ2) is 6.58. The van der Waals surface area contributed by atoms with E-state index in [0.29, 0.717) is 15.7 Å². The molecule has 3 heterocycles. The minimum Gasteiger partial charge on any atom is -0.391 e. The molecule has 0 saturated carbocycles. The van der Waals surface area contributed by atoms with Crippen LogP contribution in [0.5, 0.6) is 0 Å². The Morgan fingerprint density at radius 2 is 1.92 bits per heavy atom. The molecule has 0 aliphatic carbocycles. The Balaban J connectivity index is 1.75. The van der Waals surface area contributed by atoms with E-state index in [2.05, 4.69) is 20.4 Å². The molecule has 0 saturated heterocycles. The fourth-order valence-electron chi connectivity index (χ4n) is 2.57. The summed E-state index contributed by atoms with van der Waals surface area (Å²) >= 11 is 1.21. The van der Waals surface area contributed by atoms with Gasteiger partial charge < -0.3 is 5.11 Å². The summed E-state index contributed by atoms with van der Waals surface area (Å²) in [4.78, 5) is 17.1. The van der Waals surface area contributed by atoms with Crippen LogP contribution >= 0.6 is 11.8 Å². The van der Waals surface area contributed by atoms with E-state index in [1.807, 2.05) is 30.3 Å². The molecule has 0 spiro atoms. The van der Waals surface area contributed by atoms with Crippen LogP contribution in [0, 0.1) is 0 Å². The van der Waals surface area contributed by atoms with E-state index in [0.717, 1.165) is 5.56 Å². The number of hydrogen-bond acceptors (Lipinski definition) is 7. The van der Waals surface area contributed by atoms with Gasteiger partial charge >= 0.3 is 0 Å². The average Bonchev–Trinajstić information content (AvgIpc) is 3.11. The molecular weight excluding hydrogens is 338 g/mol. The molecule has 124 valence electrons. The van der Waals surface area contributed by atoms with E-state index in [1.54, 1.807) is 24.4 Å². The highest BCUT2D eigenvalue weighted by Crippen LogP contribution is 2.34. The molecule has 25 heavy (non-hydrogen) atoms. The molecule has 1 aromatic carbocycles. The van der Waals surface area contributed by atoms with Crippen molar-refractivity contribution in [2.24, 2.45) is 15.4 Å². The van der Waals surface area contributed by atoms with Gasteiger partial charge in [0, 0.05) is 6.20 Å². The van der Waals surface area contributed by atoms with Gasteiger partial charge in [-0.2, -0.15) is 5.11 Å². The predicted molar refractivity (Wildman–Crippen MR) is 94.7 cm³/mol. The zero-order valence-electron chi connectivity index (χ0n) is 13.0. The molecule has 2 aromatic heterocycles. The van der Waals surface area contributed by atoms with Crippen molar-refractivity contribution in [3.63, 3.8) is 0 Å². The van der Waals surface area contributed by atoms with Crippen molar-refractivity contribution in [1.82, 2.24) is 9.38 Å². The van der Waals surface area contributed by atoms with E-state index in [4.69, 9.17) is 0 Å². The van der Waals surface area contributed by atoms with E-state index in [1.165, 1.54) is 16.2 Å². The Morgan fingerprint density at radius 1 is 1.12 bits per heavy atom. The number of aliphatic hydroxyl groups excluding tert-OH is 1. The number of rotatable bonds is 3. The van der Waals surface area contributed by atoms with Gasteiger partial charge in [0.15, 0.2) is 0 Å². The van der Waals surface area contributed by atoms with E-state index in [-0.39, 0.29) is 17.2 Å². The van der Waals surface area contributed by atoms with Crippen LogP contribution in [-0.4, -0.2) is 19.5 Å². The monoisotopic (exact) mass is 351 g/mol. The van der Waals surface area contributed by atoms with Crippen LogP contribution in [-0.2, 0) is 6.61 Å². The average molecular weight is 351 g/mol. The van der Waals surface area contributed by atoms with Gasteiger partial charge in [0.1, 0.15) is 21.8 Å². The topological polar surface area (TPSA) is 91.7 Å². The molecule has 0 bridgehead atoms. The zero-order valence-corrected chi connectivity index (χ0v) is 13.8. The zero-order chi connectivity index (χ0) is 17.2. The van der Waals surface area contributed by atoms with Crippen LogP contribution in [0.3, 0.4) is 0 Å². The van der Waals surface area contributed by atoms with Gasteiger partial charge in [-0.05, 0) is 34.7 Å². The molecule has 0 amide bonds. The minimum atomic E-state index is -0.399. The normalized spacial score (nSPS) is 16.4. The molecule has 0 fully saturated rings. The molecule has 1 unspecified atom stereocenters. The quantitative estimate of drug-likeness (QED) is 0.735. The number of hydrogen-bond donors (Lipinski definition) is 1. The summed E-state index contributed by atoms with van der Waals surface area (Å²) in [6.45, 7) is -0.399. The Kier molecular flexibility index (Phi) is 4.12. The maximum Gasteiger partial charge on any atom is 0.264 e. The molecular formula is C17H13N5O2S. The van der Waals surface area contributed by atoms with Crippen LogP contribution < -0.4 is 5.56 Å². The molecule has 1 atom stereocenters. The lowest BCUT2D eigenvalue weighted by Gasteiger charge is -2.11. The third kappa shape index (κ3) is 2.86. The third-order valence-electron chi connectivity index (χ3n) is 3.81. The van der Waals surface area contributed by atoms with Gasteiger partial charge in [-0.3, -0.25) is 9.20 Å². The standard InChI is InChI=1S/C17H13N5O2S/c23-10-12-15(18-13-8-4-5-9-22(13)17(12)24)25-16-14(19-21-20-16)11-6-2-1-3-7-11/h1-9,14,23H,10H2. The predicted octanol–water partition coefficient (Wildman–Crippen LogP) is 2.80. The van der Waals surface area contributed by atoms with Crippen molar-refractivity contribution in [3.8, 4) is 0 Å². The number of thioether (sulfide) groups is 1. The number of aromatic nitrogens is 2. The maximum atomic E-state index is 12.6. The summed E-state index contributed by atoms with van der Waals surface area (Å²) in [6.07, 6.45) is 1.63. The van der Waals surface area contributed by atoms with E-state index >= 15 is 0 Å². The first-order valence-electron chi connectivity index (χ1n) is 7.59. The van der Waals surface area contributed by atoms with Crippen molar-refractivity contribution in [1.29, 1.82) is 0 Å². The molecule has 4 rings (SSSR count). The van der Waals surface area contributed by atoms with E-state index < -0.39 is 6.61 Å². The van der Waals surface area contributed by atoms with Crippen LogP contribution in [0.1, 0.15) is 17.2 Å². The SMILES string of the molecule is O=c1c(CO)c(SC2=NN=NC2c2ccccc2)nc2ccccn12. The molecule has 8 heteroatoms. The first-order valence-corrected chi connectivity index (χ1v) is 8.41.